The Labute approximate surface area is 95.0 Å². The third kappa shape index (κ3) is 2.34. The first kappa shape index (κ1) is 10.6. The molecule has 0 aliphatic heterocycles. The molecule has 0 radical (unpaired) electrons. The fourth-order valence-corrected chi connectivity index (χ4v) is 1.71. The van der Waals surface area contributed by atoms with E-state index in [0.29, 0.717) is 0 Å². The first-order valence-electron chi connectivity index (χ1n) is 5.23. The molecule has 0 aliphatic carbocycles. The molecule has 2 nitrogen and oxygen atoms in total. The molecule has 0 amide bonds. The molecule has 0 atom stereocenters. The normalized spacial score (nSPS) is 10.1. The summed E-state index contributed by atoms with van der Waals surface area (Å²) in [7, 11) is 0. The number of aromatic nitrogens is 1. The summed E-state index contributed by atoms with van der Waals surface area (Å²) in [5.74, 6) is 0. The largest absolute Gasteiger partial charge is 0.298 e. The van der Waals surface area contributed by atoms with Gasteiger partial charge in [0.2, 0.25) is 0 Å². The molecule has 2 rings (SSSR count). The molecule has 0 spiro atoms. The maximum absolute atomic E-state index is 10.6. The van der Waals surface area contributed by atoms with Crippen LogP contribution in [-0.4, -0.2) is 11.3 Å². The van der Waals surface area contributed by atoms with E-state index < -0.39 is 0 Å². The van der Waals surface area contributed by atoms with Crippen LogP contribution in [0.2, 0.25) is 0 Å². The Balaban J connectivity index is 2.25. The van der Waals surface area contributed by atoms with Gasteiger partial charge in [-0.2, -0.15) is 0 Å². The van der Waals surface area contributed by atoms with Crippen LogP contribution in [0.15, 0.2) is 42.7 Å². The minimum atomic E-state index is 0.732. The molecular weight excluding hydrogens is 198 g/mol. The van der Waals surface area contributed by atoms with Gasteiger partial charge in [-0.25, -0.2) is 0 Å². The summed E-state index contributed by atoms with van der Waals surface area (Å²) in [5, 5.41) is 0. The third-order valence-corrected chi connectivity index (χ3v) is 2.65. The van der Waals surface area contributed by atoms with Crippen LogP contribution in [0.5, 0.6) is 0 Å². The number of aryl methyl sites for hydroxylation is 1. The first-order chi connectivity index (χ1) is 7.79. The third-order valence-electron chi connectivity index (χ3n) is 2.65. The lowest BCUT2D eigenvalue weighted by atomic mass is 9.99. The van der Waals surface area contributed by atoms with Gasteiger partial charge in [-0.1, -0.05) is 12.1 Å². The lowest BCUT2D eigenvalue weighted by Gasteiger charge is -2.06. The van der Waals surface area contributed by atoms with Gasteiger partial charge >= 0.3 is 0 Å². The number of nitrogens with zero attached hydrogens (tertiary/aromatic N) is 1. The SMILES string of the molecule is Cc1cc(C=O)ccc1Cc1ccncc1. The van der Waals surface area contributed by atoms with Gasteiger partial charge in [0.1, 0.15) is 6.29 Å². The number of rotatable bonds is 3. The van der Waals surface area contributed by atoms with E-state index in [2.05, 4.69) is 4.98 Å². The molecule has 1 heterocycles. The second-order valence-corrected chi connectivity index (χ2v) is 3.84. The van der Waals surface area contributed by atoms with Crippen molar-refractivity contribution in [3.05, 3.63) is 65.0 Å². The van der Waals surface area contributed by atoms with Gasteiger partial charge in [0.25, 0.3) is 0 Å². The van der Waals surface area contributed by atoms with Crippen molar-refractivity contribution in [1.29, 1.82) is 0 Å². The fraction of sp³-hybridized carbons (Fsp3) is 0.143. The maximum Gasteiger partial charge on any atom is 0.150 e. The molecule has 0 unspecified atom stereocenters. The smallest absolute Gasteiger partial charge is 0.150 e. The molecule has 0 N–H and O–H groups in total. The average molecular weight is 211 g/mol. The summed E-state index contributed by atoms with van der Waals surface area (Å²) in [6.07, 6.45) is 5.35. The number of aldehydes is 1. The molecule has 0 bridgehead atoms. The van der Waals surface area contributed by atoms with E-state index in [-0.39, 0.29) is 0 Å². The molecule has 80 valence electrons. The van der Waals surface area contributed by atoms with E-state index in [1.54, 1.807) is 12.4 Å². The molecule has 2 heteroatoms. The maximum atomic E-state index is 10.6. The van der Waals surface area contributed by atoms with E-state index >= 15 is 0 Å². The highest BCUT2D eigenvalue weighted by Crippen LogP contribution is 2.14. The van der Waals surface area contributed by atoms with Crippen LogP contribution in [0.25, 0.3) is 0 Å². The second-order valence-electron chi connectivity index (χ2n) is 3.84. The van der Waals surface area contributed by atoms with Crippen LogP contribution in [0, 0.1) is 6.92 Å². The summed E-state index contributed by atoms with van der Waals surface area (Å²) in [5.41, 5.74) is 4.37. The van der Waals surface area contributed by atoms with Crippen molar-refractivity contribution >= 4 is 6.29 Å². The quantitative estimate of drug-likeness (QED) is 0.731. The molecule has 1 aromatic carbocycles. The Morgan fingerprint density at radius 2 is 1.94 bits per heavy atom. The number of hydrogen-bond acceptors (Lipinski definition) is 2. The van der Waals surface area contributed by atoms with Crippen LogP contribution in [-0.2, 0) is 6.42 Å². The van der Waals surface area contributed by atoms with Gasteiger partial charge in [0, 0.05) is 18.0 Å². The van der Waals surface area contributed by atoms with Gasteiger partial charge in [0.05, 0.1) is 0 Å². The zero-order chi connectivity index (χ0) is 11.4. The highest BCUT2D eigenvalue weighted by molar-refractivity contribution is 5.75. The first-order valence-corrected chi connectivity index (χ1v) is 5.23. The lowest BCUT2D eigenvalue weighted by molar-refractivity contribution is 0.112. The average Bonchev–Trinajstić information content (AvgIpc) is 2.33. The Morgan fingerprint density at radius 1 is 1.19 bits per heavy atom. The molecule has 2 aromatic rings. The minimum Gasteiger partial charge on any atom is -0.298 e. The van der Waals surface area contributed by atoms with E-state index in [9.17, 15) is 4.79 Å². The van der Waals surface area contributed by atoms with Crippen molar-refractivity contribution < 1.29 is 4.79 Å². The molecular formula is C14H13NO. The second kappa shape index (κ2) is 4.71. The summed E-state index contributed by atoms with van der Waals surface area (Å²) >= 11 is 0. The summed E-state index contributed by atoms with van der Waals surface area (Å²) in [6, 6.07) is 9.81. The van der Waals surface area contributed by atoms with Crippen molar-refractivity contribution in [2.45, 2.75) is 13.3 Å². The fourth-order valence-electron chi connectivity index (χ4n) is 1.71. The zero-order valence-electron chi connectivity index (χ0n) is 9.18. The van der Waals surface area contributed by atoms with E-state index in [4.69, 9.17) is 0 Å². The molecule has 16 heavy (non-hydrogen) atoms. The van der Waals surface area contributed by atoms with E-state index in [1.807, 2.05) is 37.3 Å². The molecule has 1 aromatic heterocycles. The number of pyridine rings is 1. The van der Waals surface area contributed by atoms with Gasteiger partial charge in [-0.05, 0) is 48.2 Å². The number of benzene rings is 1. The standard InChI is InChI=1S/C14H13NO/c1-11-8-13(10-16)2-3-14(11)9-12-4-6-15-7-5-12/h2-8,10H,9H2,1H3. The number of carbonyl (C=O) groups is 1. The van der Waals surface area contributed by atoms with Gasteiger partial charge in [0.15, 0.2) is 0 Å². The van der Waals surface area contributed by atoms with Crippen molar-refractivity contribution in [3.8, 4) is 0 Å². The van der Waals surface area contributed by atoms with Crippen LogP contribution in [0.4, 0.5) is 0 Å². The minimum absolute atomic E-state index is 0.732. The van der Waals surface area contributed by atoms with Crippen molar-refractivity contribution in [1.82, 2.24) is 4.98 Å². The van der Waals surface area contributed by atoms with Crippen LogP contribution < -0.4 is 0 Å². The van der Waals surface area contributed by atoms with Gasteiger partial charge < -0.3 is 0 Å². The van der Waals surface area contributed by atoms with Crippen molar-refractivity contribution in [3.63, 3.8) is 0 Å². The molecule has 0 aliphatic rings. The van der Waals surface area contributed by atoms with Gasteiger partial charge in [-0.3, -0.25) is 9.78 Å². The topological polar surface area (TPSA) is 30.0 Å². The lowest BCUT2D eigenvalue weighted by Crippen LogP contribution is -1.93. The summed E-state index contributed by atoms with van der Waals surface area (Å²) in [4.78, 5) is 14.6. The van der Waals surface area contributed by atoms with E-state index in [1.165, 1.54) is 11.1 Å². The number of carbonyl (C=O) groups excluding carboxylic acids is 1. The van der Waals surface area contributed by atoms with Gasteiger partial charge in [-0.15, -0.1) is 0 Å². The summed E-state index contributed by atoms with van der Waals surface area (Å²) < 4.78 is 0. The molecule has 0 fully saturated rings. The van der Waals surface area contributed by atoms with Crippen LogP contribution in [0.3, 0.4) is 0 Å². The van der Waals surface area contributed by atoms with E-state index in [0.717, 1.165) is 23.8 Å². The highest BCUT2D eigenvalue weighted by atomic mass is 16.1. The molecule has 0 saturated heterocycles. The van der Waals surface area contributed by atoms with Crippen molar-refractivity contribution in [2.24, 2.45) is 0 Å². The Bertz CT molecular complexity index is 491. The Kier molecular flexibility index (Phi) is 3.10. The Hall–Kier alpha value is -1.96. The molecule has 0 saturated carbocycles. The highest BCUT2D eigenvalue weighted by Gasteiger charge is 2.01. The summed E-state index contributed by atoms with van der Waals surface area (Å²) in [6.45, 7) is 2.03. The van der Waals surface area contributed by atoms with Crippen molar-refractivity contribution in [2.75, 3.05) is 0 Å². The predicted octanol–water partition coefficient (Wildman–Crippen LogP) is 2.79. The van der Waals surface area contributed by atoms with Crippen LogP contribution >= 0.6 is 0 Å². The Morgan fingerprint density at radius 3 is 2.56 bits per heavy atom. The number of hydrogen-bond donors (Lipinski definition) is 0. The van der Waals surface area contributed by atoms with Crippen LogP contribution in [0.1, 0.15) is 27.0 Å². The zero-order valence-corrected chi connectivity index (χ0v) is 9.18. The predicted molar refractivity (Wildman–Crippen MR) is 63.6 cm³/mol. The monoisotopic (exact) mass is 211 g/mol.